The quantitative estimate of drug-likeness (QED) is 0.551. The van der Waals surface area contributed by atoms with Crippen LogP contribution in [0.25, 0.3) is 0 Å². The van der Waals surface area contributed by atoms with Gasteiger partial charge in [-0.25, -0.2) is 0 Å². The summed E-state index contributed by atoms with van der Waals surface area (Å²) in [5, 5.41) is 12.6. The fourth-order valence-electron chi connectivity index (χ4n) is 0.912. The highest BCUT2D eigenvalue weighted by atomic mass is 16.5. The predicted molar refractivity (Wildman–Crippen MR) is 35.1 cm³/mol. The highest BCUT2D eigenvalue weighted by Crippen LogP contribution is 2.16. The first-order chi connectivity index (χ1) is 4.63. The standard InChI is InChI=1S/C6H10N2O2/c1-3-5(6(7)9)4(2)10-8-3/h6,9H,7H2,1-2H3. The van der Waals surface area contributed by atoms with Gasteiger partial charge >= 0.3 is 0 Å². The zero-order valence-electron chi connectivity index (χ0n) is 5.96. The molecule has 3 N–H and O–H groups in total. The Balaban J connectivity index is 3.10. The molecule has 0 aliphatic rings. The van der Waals surface area contributed by atoms with Gasteiger partial charge in [0.25, 0.3) is 0 Å². The number of hydrogen-bond donors (Lipinski definition) is 2. The maximum Gasteiger partial charge on any atom is 0.141 e. The average molecular weight is 142 g/mol. The monoisotopic (exact) mass is 142 g/mol. The maximum absolute atomic E-state index is 8.95. The van der Waals surface area contributed by atoms with Crippen LogP contribution in [0.1, 0.15) is 23.2 Å². The Bertz CT molecular complexity index is 210. The molecule has 0 aromatic carbocycles. The van der Waals surface area contributed by atoms with Crippen LogP contribution < -0.4 is 5.73 Å². The van der Waals surface area contributed by atoms with E-state index in [9.17, 15) is 0 Å². The van der Waals surface area contributed by atoms with Crippen molar-refractivity contribution in [3.8, 4) is 0 Å². The van der Waals surface area contributed by atoms with E-state index in [1.54, 1.807) is 13.8 Å². The second-order valence-corrected chi connectivity index (χ2v) is 2.18. The van der Waals surface area contributed by atoms with E-state index in [-0.39, 0.29) is 0 Å². The molecule has 0 saturated carbocycles. The largest absolute Gasteiger partial charge is 0.374 e. The molecule has 10 heavy (non-hydrogen) atoms. The molecular formula is C6H10N2O2. The normalized spacial score (nSPS) is 13.6. The highest BCUT2D eigenvalue weighted by molar-refractivity contribution is 5.22. The molecule has 56 valence electrons. The molecule has 1 heterocycles. The van der Waals surface area contributed by atoms with E-state index in [4.69, 9.17) is 15.4 Å². The summed E-state index contributed by atoms with van der Waals surface area (Å²) in [7, 11) is 0. The first-order valence-corrected chi connectivity index (χ1v) is 2.99. The van der Waals surface area contributed by atoms with Crippen LogP contribution in [0.2, 0.25) is 0 Å². The third-order valence-electron chi connectivity index (χ3n) is 1.38. The van der Waals surface area contributed by atoms with E-state index in [1.807, 2.05) is 0 Å². The van der Waals surface area contributed by atoms with Crippen LogP contribution >= 0.6 is 0 Å². The second-order valence-electron chi connectivity index (χ2n) is 2.18. The molecule has 0 amide bonds. The van der Waals surface area contributed by atoms with Gasteiger partial charge in [0.15, 0.2) is 0 Å². The first-order valence-electron chi connectivity index (χ1n) is 2.99. The van der Waals surface area contributed by atoms with Gasteiger partial charge in [-0.3, -0.25) is 0 Å². The minimum atomic E-state index is -0.980. The minimum absolute atomic E-state index is 0.576. The molecule has 4 heteroatoms. The van der Waals surface area contributed by atoms with Gasteiger partial charge in [-0.05, 0) is 13.8 Å². The molecule has 1 unspecified atom stereocenters. The van der Waals surface area contributed by atoms with Crippen molar-refractivity contribution in [2.75, 3.05) is 0 Å². The topological polar surface area (TPSA) is 72.3 Å². The van der Waals surface area contributed by atoms with Crippen molar-refractivity contribution >= 4 is 0 Å². The molecule has 0 radical (unpaired) electrons. The van der Waals surface area contributed by atoms with Crippen LogP contribution in [-0.4, -0.2) is 10.3 Å². The van der Waals surface area contributed by atoms with Gasteiger partial charge in [0.2, 0.25) is 0 Å². The molecule has 0 aliphatic carbocycles. The van der Waals surface area contributed by atoms with E-state index in [2.05, 4.69) is 5.16 Å². The van der Waals surface area contributed by atoms with Crippen LogP contribution in [-0.2, 0) is 0 Å². The van der Waals surface area contributed by atoms with E-state index < -0.39 is 6.23 Å². The lowest BCUT2D eigenvalue weighted by Gasteiger charge is -2.00. The lowest BCUT2D eigenvalue weighted by atomic mass is 10.2. The molecule has 0 fully saturated rings. The van der Waals surface area contributed by atoms with Crippen molar-refractivity contribution in [3.63, 3.8) is 0 Å². The summed E-state index contributed by atoms with van der Waals surface area (Å²) in [4.78, 5) is 0. The summed E-state index contributed by atoms with van der Waals surface area (Å²) in [6.45, 7) is 3.45. The predicted octanol–water partition coefficient (Wildman–Crippen LogP) is 0.241. The SMILES string of the molecule is Cc1noc(C)c1C(N)O. The summed E-state index contributed by atoms with van der Waals surface area (Å²) in [5.74, 6) is 0.576. The Kier molecular flexibility index (Phi) is 1.74. The number of hydrogen-bond acceptors (Lipinski definition) is 4. The number of aliphatic hydroxyl groups excluding tert-OH is 1. The lowest BCUT2D eigenvalue weighted by Crippen LogP contribution is -2.10. The van der Waals surface area contributed by atoms with Gasteiger partial charge in [0.1, 0.15) is 12.0 Å². The van der Waals surface area contributed by atoms with Crippen LogP contribution in [0.3, 0.4) is 0 Å². The third kappa shape index (κ3) is 1.03. The molecule has 1 aromatic heterocycles. The van der Waals surface area contributed by atoms with Crippen molar-refractivity contribution < 1.29 is 9.63 Å². The highest BCUT2D eigenvalue weighted by Gasteiger charge is 2.13. The van der Waals surface area contributed by atoms with Crippen LogP contribution in [0.5, 0.6) is 0 Å². The van der Waals surface area contributed by atoms with Gasteiger partial charge in [-0.2, -0.15) is 0 Å². The summed E-state index contributed by atoms with van der Waals surface area (Å²) < 4.78 is 4.77. The Morgan fingerprint density at radius 1 is 1.60 bits per heavy atom. The average Bonchev–Trinajstić information content (AvgIpc) is 2.11. The molecule has 1 atom stereocenters. The summed E-state index contributed by atoms with van der Waals surface area (Å²) >= 11 is 0. The summed E-state index contributed by atoms with van der Waals surface area (Å²) in [6.07, 6.45) is -0.980. The minimum Gasteiger partial charge on any atom is -0.374 e. The maximum atomic E-state index is 8.95. The molecule has 1 rings (SSSR count). The number of nitrogens with zero attached hydrogens (tertiary/aromatic N) is 1. The van der Waals surface area contributed by atoms with E-state index >= 15 is 0 Å². The van der Waals surface area contributed by atoms with Gasteiger partial charge in [-0.1, -0.05) is 5.16 Å². The van der Waals surface area contributed by atoms with Gasteiger partial charge in [-0.15, -0.1) is 0 Å². The van der Waals surface area contributed by atoms with Crippen LogP contribution in [0.4, 0.5) is 0 Å². The number of rotatable bonds is 1. The van der Waals surface area contributed by atoms with Gasteiger partial charge in [0, 0.05) is 0 Å². The van der Waals surface area contributed by atoms with Gasteiger partial charge in [0.05, 0.1) is 11.3 Å². The molecular weight excluding hydrogens is 132 g/mol. The fourth-order valence-corrected chi connectivity index (χ4v) is 0.912. The van der Waals surface area contributed by atoms with E-state index in [1.165, 1.54) is 0 Å². The zero-order valence-corrected chi connectivity index (χ0v) is 5.96. The molecule has 0 aliphatic heterocycles. The van der Waals surface area contributed by atoms with Crippen molar-refractivity contribution in [2.24, 2.45) is 5.73 Å². The Morgan fingerprint density at radius 3 is 2.40 bits per heavy atom. The number of aryl methyl sites for hydroxylation is 2. The Labute approximate surface area is 58.6 Å². The molecule has 4 nitrogen and oxygen atoms in total. The number of aliphatic hydroxyl groups is 1. The Morgan fingerprint density at radius 2 is 2.20 bits per heavy atom. The first kappa shape index (κ1) is 7.24. The number of nitrogens with two attached hydrogens (primary N) is 1. The van der Waals surface area contributed by atoms with Crippen molar-refractivity contribution in [3.05, 3.63) is 17.0 Å². The fraction of sp³-hybridized carbons (Fsp3) is 0.500. The zero-order chi connectivity index (χ0) is 7.72. The summed E-state index contributed by atoms with van der Waals surface area (Å²) in [5.41, 5.74) is 6.44. The van der Waals surface area contributed by atoms with Crippen molar-refractivity contribution in [2.45, 2.75) is 20.1 Å². The lowest BCUT2D eigenvalue weighted by molar-refractivity contribution is 0.183. The second kappa shape index (κ2) is 2.40. The van der Waals surface area contributed by atoms with E-state index in [0.717, 1.165) is 0 Å². The van der Waals surface area contributed by atoms with Crippen LogP contribution in [0.15, 0.2) is 4.52 Å². The molecule has 0 spiro atoms. The van der Waals surface area contributed by atoms with Crippen LogP contribution in [0, 0.1) is 13.8 Å². The smallest absolute Gasteiger partial charge is 0.141 e. The third-order valence-corrected chi connectivity index (χ3v) is 1.38. The van der Waals surface area contributed by atoms with Gasteiger partial charge < -0.3 is 15.4 Å². The Hall–Kier alpha value is -0.870. The van der Waals surface area contributed by atoms with Crippen molar-refractivity contribution in [1.82, 2.24) is 5.16 Å². The number of aromatic nitrogens is 1. The van der Waals surface area contributed by atoms with Crippen molar-refractivity contribution in [1.29, 1.82) is 0 Å². The molecule has 0 bridgehead atoms. The van der Waals surface area contributed by atoms with E-state index in [0.29, 0.717) is 17.0 Å². The molecule has 1 aromatic rings. The molecule has 0 saturated heterocycles. The summed E-state index contributed by atoms with van der Waals surface area (Å²) in [6, 6.07) is 0.